The molecule has 0 saturated heterocycles. The van der Waals surface area contributed by atoms with Crippen molar-refractivity contribution in [1.29, 1.82) is 0 Å². The average Bonchev–Trinajstić information content (AvgIpc) is 2.95. The number of nitrogens with two attached hydrogens (primary N) is 1. The monoisotopic (exact) mass is 348 g/mol. The first-order valence-corrected chi connectivity index (χ1v) is 7.56. The summed E-state index contributed by atoms with van der Waals surface area (Å²) in [6.07, 6.45) is 2.86. The van der Waals surface area contributed by atoms with Crippen LogP contribution in [0.3, 0.4) is 0 Å². The van der Waals surface area contributed by atoms with Crippen LogP contribution in [0.2, 0.25) is 0 Å². The van der Waals surface area contributed by atoms with Crippen molar-refractivity contribution in [3.8, 4) is 5.75 Å². The normalized spacial score (nSPS) is 21.6. The van der Waals surface area contributed by atoms with Gasteiger partial charge < -0.3 is 15.8 Å². The van der Waals surface area contributed by atoms with Gasteiger partial charge in [-0.3, -0.25) is 4.79 Å². The summed E-state index contributed by atoms with van der Waals surface area (Å²) in [5.74, 6) is 0.267. The van der Waals surface area contributed by atoms with Crippen molar-refractivity contribution < 1.29 is 18.3 Å². The van der Waals surface area contributed by atoms with Crippen molar-refractivity contribution in [2.45, 2.75) is 38.8 Å². The van der Waals surface area contributed by atoms with Crippen molar-refractivity contribution in [3.63, 3.8) is 0 Å². The number of benzene rings is 1. The second-order valence-corrected chi connectivity index (χ2v) is 5.71. The van der Waals surface area contributed by atoms with Crippen molar-refractivity contribution in [2.24, 2.45) is 17.6 Å². The van der Waals surface area contributed by atoms with Crippen molar-refractivity contribution >= 4 is 18.3 Å². The molecule has 0 bridgehead atoms. The Morgan fingerprint density at radius 1 is 1.43 bits per heavy atom. The molecule has 2 rings (SSSR count). The van der Waals surface area contributed by atoms with Gasteiger partial charge in [-0.25, -0.2) is 0 Å². The third-order valence-electron chi connectivity index (χ3n) is 4.24. The lowest BCUT2D eigenvalue weighted by Crippen LogP contribution is -2.36. The van der Waals surface area contributed by atoms with Gasteiger partial charge in [-0.05, 0) is 49.9 Å². The lowest BCUT2D eigenvalue weighted by molar-refractivity contribution is -0.126. The van der Waals surface area contributed by atoms with Crippen LogP contribution in [-0.2, 0) is 4.79 Å². The van der Waals surface area contributed by atoms with Crippen molar-refractivity contribution in [3.05, 3.63) is 29.8 Å². The molecule has 0 spiro atoms. The van der Waals surface area contributed by atoms with Crippen LogP contribution in [0.1, 0.15) is 37.8 Å². The third-order valence-corrected chi connectivity index (χ3v) is 4.24. The summed E-state index contributed by atoms with van der Waals surface area (Å²) in [7, 11) is 0. The summed E-state index contributed by atoms with van der Waals surface area (Å²) >= 11 is 0. The molecule has 1 aromatic rings. The average molecular weight is 349 g/mol. The number of carbonyl (C=O) groups is 1. The van der Waals surface area contributed by atoms with E-state index in [4.69, 9.17) is 5.73 Å². The van der Waals surface area contributed by atoms with E-state index in [0.29, 0.717) is 6.54 Å². The predicted octanol–water partition coefficient (Wildman–Crippen LogP) is 3.26. The number of alkyl halides is 2. The Hall–Kier alpha value is -1.40. The first-order chi connectivity index (χ1) is 10.5. The zero-order valence-corrected chi connectivity index (χ0v) is 13.8. The smallest absolute Gasteiger partial charge is 0.387 e. The fourth-order valence-corrected chi connectivity index (χ4v) is 3.03. The van der Waals surface area contributed by atoms with Gasteiger partial charge in [0.1, 0.15) is 5.75 Å². The Morgan fingerprint density at radius 2 is 2.17 bits per heavy atom. The van der Waals surface area contributed by atoms with Crippen molar-refractivity contribution in [1.82, 2.24) is 5.32 Å². The highest BCUT2D eigenvalue weighted by atomic mass is 35.5. The molecular weight excluding hydrogens is 326 g/mol. The fraction of sp³-hybridized carbons (Fsp3) is 0.562. The maximum atomic E-state index is 12.3. The van der Waals surface area contributed by atoms with Gasteiger partial charge in [0.25, 0.3) is 0 Å². The highest BCUT2D eigenvalue weighted by Gasteiger charge is 2.32. The van der Waals surface area contributed by atoms with E-state index in [1.807, 2.05) is 6.92 Å². The van der Waals surface area contributed by atoms with E-state index in [-0.39, 0.29) is 41.9 Å². The number of rotatable bonds is 6. The van der Waals surface area contributed by atoms with Crippen LogP contribution in [0.4, 0.5) is 8.78 Å². The zero-order valence-electron chi connectivity index (χ0n) is 13.0. The summed E-state index contributed by atoms with van der Waals surface area (Å²) in [5, 5.41) is 2.95. The Morgan fingerprint density at radius 3 is 2.83 bits per heavy atom. The van der Waals surface area contributed by atoms with Crippen LogP contribution in [-0.4, -0.2) is 19.1 Å². The molecule has 1 amide bonds. The molecule has 1 saturated carbocycles. The highest BCUT2D eigenvalue weighted by molar-refractivity contribution is 5.85. The van der Waals surface area contributed by atoms with Gasteiger partial charge in [0, 0.05) is 5.92 Å². The molecule has 130 valence electrons. The van der Waals surface area contributed by atoms with E-state index in [1.165, 1.54) is 12.1 Å². The Labute approximate surface area is 141 Å². The van der Waals surface area contributed by atoms with Gasteiger partial charge in [0.15, 0.2) is 0 Å². The molecule has 4 nitrogen and oxygen atoms in total. The summed E-state index contributed by atoms with van der Waals surface area (Å²) in [4.78, 5) is 12.3. The summed E-state index contributed by atoms with van der Waals surface area (Å²) in [6, 6.07) is 6.12. The van der Waals surface area contributed by atoms with Gasteiger partial charge in [0.05, 0.1) is 6.04 Å². The predicted molar refractivity (Wildman–Crippen MR) is 86.8 cm³/mol. The van der Waals surface area contributed by atoms with Gasteiger partial charge in [-0.1, -0.05) is 18.6 Å². The van der Waals surface area contributed by atoms with Crippen LogP contribution in [0, 0.1) is 11.8 Å². The number of hydrogen-bond acceptors (Lipinski definition) is 3. The minimum absolute atomic E-state index is 0. The molecule has 3 atom stereocenters. The molecule has 1 aliphatic rings. The zero-order chi connectivity index (χ0) is 16.1. The molecule has 0 aromatic heterocycles. The Bertz CT molecular complexity index is 517. The standard InChI is InChI=1S/C16H22F2N2O2.ClH/c1-10(11-4-2-6-13(8-11)22-16(17)18)20-15(21)14-7-3-5-12(14)9-19;/h2,4,6,8,10,12,14,16H,3,5,7,9,19H2,1H3,(H,20,21);1H/t10?,12-,14-;/m1./s1. The molecule has 0 radical (unpaired) electrons. The van der Waals surface area contributed by atoms with E-state index in [9.17, 15) is 13.6 Å². The molecule has 0 heterocycles. The first-order valence-electron chi connectivity index (χ1n) is 7.56. The lowest BCUT2D eigenvalue weighted by Gasteiger charge is -2.21. The number of nitrogens with one attached hydrogen (secondary N) is 1. The van der Waals surface area contributed by atoms with Gasteiger partial charge in [-0.15, -0.1) is 12.4 Å². The Balaban J connectivity index is 0.00000264. The van der Waals surface area contributed by atoms with Crippen LogP contribution in [0.15, 0.2) is 24.3 Å². The molecule has 1 aromatic carbocycles. The minimum Gasteiger partial charge on any atom is -0.435 e. The second-order valence-electron chi connectivity index (χ2n) is 5.71. The molecule has 7 heteroatoms. The number of ether oxygens (including phenoxy) is 1. The molecule has 1 unspecified atom stereocenters. The van der Waals surface area contributed by atoms with Crippen LogP contribution in [0.5, 0.6) is 5.75 Å². The number of carbonyl (C=O) groups excluding carboxylic acids is 1. The molecule has 1 fully saturated rings. The molecule has 23 heavy (non-hydrogen) atoms. The third kappa shape index (κ3) is 5.32. The quantitative estimate of drug-likeness (QED) is 0.829. The summed E-state index contributed by atoms with van der Waals surface area (Å²) in [5.41, 5.74) is 6.43. The SMILES string of the molecule is CC(NC(=O)[C@@H]1CCC[C@@H]1CN)c1cccc(OC(F)F)c1.Cl. The minimum atomic E-state index is -2.86. The van der Waals surface area contributed by atoms with Gasteiger partial charge >= 0.3 is 6.61 Å². The number of amides is 1. The second kappa shape index (κ2) is 9.03. The maximum Gasteiger partial charge on any atom is 0.387 e. The van der Waals surface area contributed by atoms with E-state index >= 15 is 0 Å². The van der Waals surface area contributed by atoms with Gasteiger partial charge in [-0.2, -0.15) is 8.78 Å². The van der Waals surface area contributed by atoms with Crippen LogP contribution < -0.4 is 15.8 Å². The molecular formula is C16H23ClF2N2O2. The van der Waals surface area contributed by atoms with E-state index < -0.39 is 6.61 Å². The highest BCUT2D eigenvalue weighted by Crippen LogP contribution is 2.31. The lowest BCUT2D eigenvalue weighted by atomic mass is 9.94. The van der Waals surface area contributed by atoms with Crippen LogP contribution >= 0.6 is 12.4 Å². The van der Waals surface area contributed by atoms with Crippen LogP contribution in [0.25, 0.3) is 0 Å². The maximum absolute atomic E-state index is 12.3. The van der Waals surface area contributed by atoms with E-state index in [0.717, 1.165) is 24.8 Å². The summed E-state index contributed by atoms with van der Waals surface area (Å²) in [6.45, 7) is -0.514. The van der Waals surface area contributed by atoms with E-state index in [2.05, 4.69) is 10.1 Å². The Kier molecular flexibility index (Phi) is 7.72. The number of halogens is 3. The molecule has 1 aliphatic carbocycles. The van der Waals surface area contributed by atoms with E-state index in [1.54, 1.807) is 12.1 Å². The van der Waals surface area contributed by atoms with Gasteiger partial charge in [0.2, 0.25) is 5.91 Å². The topological polar surface area (TPSA) is 64.4 Å². The largest absolute Gasteiger partial charge is 0.435 e. The number of hydrogen-bond donors (Lipinski definition) is 2. The summed E-state index contributed by atoms with van der Waals surface area (Å²) < 4.78 is 28.9. The fourth-order valence-electron chi connectivity index (χ4n) is 3.03. The molecule has 0 aliphatic heterocycles. The first kappa shape index (κ1) is 19.6. The molecule has 3 N–H and O–H groups in total. The van der Waals surface area contributed by atoms with Crippen molar-refractivity contribution in [2.75, 3.05) is 6.54 Å².